The van der Waals surface area contributed by atoms with Crippen LogP contribution in [0.3, 0.4) is 0 Å². The van der Waals surface area contributed by atoms with Gasteiger partial charge in [-0.3, -0.25) is 0 Å². The molecule has 2 N–H and O–H groups in total. The molecule has 0 saturated carbocycles. The molecule has 0 unspecified atom stereocenters. The highest BCUT2D eigenvalue weighted by molar-refractivity contribution is 5.87. The Hall–Kier alpha value is -0.830. The zero-order valence-corrected chi connectivity index (χ0v) is 5.68. The summed E-state index contributed by atoms with van der Waals surface area (Å²) in [6.45, 7) is 3.60. The SMILES string of the molecule is CCC=C(C)C(=O)ON. The van der Waals surface area contributed by atoms with Gasteiger partial charge in [-0.05, 0) is 13.3 Å². The lowest BCUT2D eigenvalue weighted by molar-refractivity contribution is -0.139. The molecule has 0 atom stereocenters. The maximum Gasteiger partial charge on any atom is 0.351 e. The van der Waals surface area contributed by atoms with E-state index in [0.717, 1.165) is 6.42 Å². The number of hydrogen-bond donors (Lipinski definition) is 1. The van der Waals surface area contributed by atoms with Crippen molar-refractivity contribution in [2.75, 3.05) is 0 Å². The molecule has 0 radical (unpaired) electrons. The van der Waals surface area contributed by atoms with Crippen molar-refractivity contribution in [2.24, 2.45) is 5.90 Å². The van der Waals surface area contributed by atoms with Crippen LogP contribution in [-0.2, 0) is 9.63 Å². The number of carbonyl (C=O) groups is 1. The summed E-state index contributed by atoms with van der Waals surface area (Å²) >= 11 is 0. The first-order valence-corrected chi connectivity index (χ1v) is 2.80. The number of nitrogens with two attached hydrogens (primary N) is 1. The van der Waals surface area contributed by atoms with Crippen LogP contribution in [0.15, 0.2) is 11.6 Å². The highest BCUT2D eigenvalue weighted by atomic mass is 16.7. The quantitative estimate of drug-likeness (QED) is 0.442. The van der Waals surface area contributed by atoms with Crippen LogP contribution in [0, 0.1) is 0 Å². The molecule has 0 amide bonds. The van der Waals surface area contributed by atoms with Crippen molar-refractivity contribution in [1.29, 1.82) is 0 Å². The Morgan fingerprint density at radius 3 is 2.67 bits per heavy atom. The molecule has 52 valence electrons. The van der Waals surface area contributed by atoms with Crippen LogP contribution >= 0.6 is 0 Å². The molecule has 0 aliphatic rings. The van der Waals surface area contributed by atoms with Crippen LogP contribution in [0.25, 0.3) is 0 Å². The second-order valence-corrected chi connectivity index (χ2v) is 1.70. The van der Waals surface area contributed by atoms with Crippen molar-refractivity contribution >= 4 is 5.97 Å². The van der Waals surface area contributed by atoms with Gasteiger partial charge in [0.15, 0.2) is 0 Å². The van der Waals surface area contributed by atoms with Gasteiger partial charge in [0.05, 0.1) is 0 Å². The first-order chi connectivity index (χ1) is 4.22. The monoisotopic (exact) mass is 129 g/mol. The third-order valence-electron chi connectivity index (χ3n) is 0.939. The van der Waals surface area contributed by atoms with Crippen molar-refractivity contribution in [3.63, 3.8) is 0 Å². The standard InChI is InChI=1S/C6H11NO2/c1-3-4-5(2)6(8)9-7/h4H,3,7H2,1-2H3. The van der Waals surface area contributed by atoms with Crippen molar-refractivity contribution in [3.8, 4) is 0 Å². The van der Waals surface area contributed by atoms with E-state index in [-0.39, 0.29) is 0 Å². The Labute approximate surface area is 54.4 Å². The fourth-order valence-corrected chi connectivity index (χ4v) is 0.482. The molecule has 0 aliphatic carbocycles. The molecule has 0 aromatic carbocycles. The minimum absolute atomic E-state index is 0.461. The average molecular weight is 129 g/mol. The molecule has 0 aliphatic heterocycles. The van der Waals surface area contributed by atoms with Crippen LogP contribution in [-0.4, -0.2) is 5.97 Å². The fraction of sp³-hybridized carbons (Fsp3) is 0.500. The van der Waals surface area contributed by atoms with Gasteiger partial charge < -0.3 is 4.84 Å². The van der Waals surface area contributed by atoms with E-state index in [9.17, 15) is 4.79 Å². The van der Waals surface area contributed by atoms with Crippen LogP contribution in [0.4, 0.5) is 0 Å². The third-order valence-corrected chi connectivity index (χ3v) is 0.939. The van der Waals surface area contributed by atoms with E-state index in [4.69, 9.17) is 0 Å². The Balaban J connectivity index is 3.86. The van der Waals surface area contributed by atoms with Crippen molar-refractivity contribution in [3.05, 3.63) is 11.6 Å². The Bertz CT molecular complexity index is 129. The van der Waals surface area contributed by atoms with Gasteiger partial charge >= 0.3 is 5.97 Å². The topological polar surface area (TPSA) is 52.3 Å². The summed E-state index contributed by atoms with van der Waals surface area (Å²) in [6, 6.07) is 0. The molecular formula is C6H11NO2. The predicted molar refractivity (Wildman–Crippen MR) is 34.3 cm³/mol. The first-order valence-electron chi connectivity index (χ1n) is 2.80. The van der Waals surface area contributed by atoms with E-state index in [1.165, 1.54) is 0 Å². The summed E-state index contributed by atoms with van der Waals surface area (Å²) in [6.07, 6.45) is 2.58. The van der Waals surface area contributed by atoms with E-state index < -0.39 is 5.97 Å². The maximum absolute atomic E-state index is 10.5. The lowest BCUT2D eigenvalue weighted by atomic mass is 10.2. The molecule has 9 heavy (non-hydrogen) atoms. The second-order valence-electron chi connectivity index (χ2n) is 1.70. The number of hydrogen-bond acceptors (Lipinski definition) is 3. The molecule has 0 spiro atoms. The molecular weight excluding hydrogens is 118 g/mol. The van der Waals surface area contributed by atoms with Gasteiger partial charge in [-0.15, -0.1) is 0 Å². The van der Waals surface area contributed by atoms with E-state index in [2.05, 4.69) is 10.7 Å². The smallest absolute Gasteiger partial charge is 0.351 e. The van der Waals surface area contributed by atoms with E-state index in [1.54, 1.807) is 13.0 Å². The Morgan fingerprint density at radius 2 is 2.33 bits per heavy atom. The van der Waals surface area contributed by atoms with Gasteiger partial charge in [-0.1, -0.05) is 13.0 Å². The lowest BCUT2D eigenvalue weighted by Gasteiger charge is -1.94. The zero-order valence-electron chi connectivity index (χ0n) is 5.68. The minimum Gasteiger partial charge on any atom is -0.370 e. The van der Waals surface area contributed by atoms with Crippen LogP contribution in [0.2, 0.25) is 0 Å². The third kappa shape index (κ3) is 2.87. The number of rotatable bonds is 2. The summed E-state index contributed by atoms with van der Waals surface area (Å²) < 4.78 is 0. The summed E-state index contributed by atoms with van der Waals surface area (Å²) in [5, 5.41) is 0. The highest BCUT2D eigenvalue weighted by Gasteiger charge is 2.00. The van der Waals surface area contributed by atoms with Crippen LogP contribution in [0.5, 0.6) is 0 Å². The molecule has 0 bridgehead atoms. The Kier molecular flexibility index (Phi) is 3.71. The summed E-state index contributed by atoms with van der Waals surface area (Å²) in [4.78, 5) is 14.4. The van der Waals surface area contributed by atoms with Gasteiger partial charge in [0.1, 0.15) is 0 Å². The van der Waals surface area contributed by atoms with Gasteiger partial charge in [-0.2, -0.15) is 5.90 Å². The van der Waals surface area contributed by atoms with Crippen molar-refractivity contribution in [1.82, 2.24) is 0 Å². The summed E-state index contributed by atoms with van der Waals surface area (Å²) in [5.41, 5.74) is 0.556. The van der Waals surface area contributed by atoms with Gasteiger partial charge in [0.25, 0.3) is 0 Å². The Morgan fingerprint density at radius 1 is 1.78 bits per heavy atom. The zero-order chi connectivity index (χ0) is 7.28. The fourth-order valence-electron chi connectivity index (χ4n) is 0.482. The minimum atomic E-state index is -0.461. The molecule has 3 nitrogen and oxygen atoms in total. The molecule has 0 aromatic heterocycles. The highest BCUT2D eigenvalue weighted by Crippen LogP contribution is 1.95. The van der Waals surface area contributed by atoms with Crippen LogP contribution in [0.1, 0.15) is 20.3 Å². The largest absolute Gasteiger partial charge is 0.370 e. The first kappa shape index (κ1) is 8.17. The molecule has 3 heteroatoms. The number of carbonyl (C=O) groups excluding carboxylic acids is 1. The average Bonchev–Trinajstić information content (AvgIpc) is 1.87. The molecule has 0 aromatic rings. The molecule has 0 saturated heterocycles. The molecule has 0 fully saturated rings. The summed E-state index contributed by atoms with van der Waals surface area (Å²) in [7, 11) is 0. The summed E-state index contributed by atoms with van der Waals surface area (Å²) in [5.74, 6) is 4.15. The molecule has 0 rings (SSSR count). The number of allylic oxidation sites excluding steroid dienone is 1. The van der Waals surface area contributed by atoms with E-state index in [1.807, 2.05) is 6.92 Å². The molecule has 0 heterocycles. The van der Waals surface area contributed by atoms with Crippen LogP contribution < -0.4 is 5.90 Å². The van der Waals surface area contributed by atoms with Gasteiger partial charge in [-0.25, -0.2) is 4.79 Å². The second kappa shape index (κ2) is 4.09. The normalized spacial score (nSPS) is 11.2. The van der Waals surface area contributed by atoms with Gasteiger partial charge in [0.2, 0.25) is 0 Å². The van der Waals surface area contributed by atoms with Gasteiger partial charge in [0, 0.05) is 5.57 Å². The van der Waals surface area contributed by atoms with Crippen molar-refractivity contribution < 1.29 is 9.63 Å². The maximum atomic E-state index is 10.5. The van der Waals surface area contributed by atoms with E-state index >= 15 is 0 Å². The van der Waals surface area contributed by atoms with E-state index in [0.29, 0.717) is 5.57 Å². The lowest BCUT2D eigenvalue weighted by Crippen LogP contribution is -2.10. The van der Waals surface area contributed by atoms with Crippen molar-refractivity contribution in [2.45, 2.75) is 20.3 Å². The predicted octanol–water partition coefficient (Wildman–Crippen LogP) is 0.760.